The van der Waals surface area contributed by atoms with E-state index in [4.69, 9.17) is 0 Å². The third-order valence-corrected chi connectivity index (χ3v) is 2.95. The van der Waals surface area contributed by atoms with Gasteiger partial charge in [0.15, 0.2) is 0 Å². The minimum atomic E-state index is -0.271. The van der Waals surface area contributed by atoms with E-state index in [1.165, 1.54) is 12.1 Å². The molecule has 0 saturated carbocycles. The lowest BCUT2D eigenvalue weighted by Crippen LogP contribution is -2.12. The van der Waals surface area contributed by atoms with Crippen LogP contribution in [0.2, 0.25) is 0 Å². The van der Waals surface area contributed by atoms with Crippen molar-refractivity contribution in [1.82, 2.24) is 5.32 Å². The molecule has 0 fully saturated rings. The average molecular weight is 227 g/mol. The number of amides is 1. The first-order chi connectivity index (χ1) is 8.24. The first-order valence-corrected chi connectivity index (χ1v) is 5.41. The second kappa shape index (κ2) is 3.70. The molecule has 0 saturated heterocycles. The van der Waals surface area contributed by atoms with E-state index in [1.807, 2.05) is 24.3 Å². The van der Waals surface area contributed by atoms with Gasteiger partial charge in [-0.3, -0.25) is 4.79 Å². The van der Waals surface area contributed by atoms with E-state index in [2.05, 4.69) is 5.32 Å². The van der Waals surface area contributed by atoms with E-state index < -0.39 is 0 Å². The highest BCUT2D eigenvalue weighted by molar-refractivity contribution is 5.99. The van der Waals surface area contributed by atoms with Crippen LogP contribution in [0, 0.1) is 5.82 Å². The van der Waals surface area contributed by atoms with Crippen LogP contribution in [-0.2, 0) is 6.54 Å². The molecule has 84 valence electrons. The highest BCUT2D eigenvalue weighted by atomic mass is 19.1. The van der Waals surface area contributed by atoms with Crippen molar-refractivity contribution < 1.29 is 9.18 Å². The number of nitrogens with one attached hydrogen (secondary N) is 1. The first kappa shape index (κ1) is 10.0. The van der Waals surface area contributed by atoms with Crippen LogP contribution in [0.4, 0.5) is 4.39 Å². The van der Waals surface area contributed by atoms with Gasteiger partial charge < -0.3 is 5.32 Å². The second-order valence-electron chi connectivity index (χ2n) is 4.06. The van der Waals surface area contributed by atoms with Crippen molar-refractivity contribution in [2.45, 2.75) is 6.54 Å². The smallest absolute Gasteiger partial charge is 0.251 e. The molecule has 0 atom stereocenters. The monoisotopic (exact) mass is 227 g/mol. The maximum atomic E-state index is 13.1. The van der Waals surface area contributed by atoms with Crippen LogP contribution in [0.15, 0.2) is 42.5 Å². The Hall–Kier alpha value is -2.16. The summed E-state index contributed by atoms with van der Waals surface area (Å²) in [7, 11) is 0. The molecule has 1 aliphatic rings. The lowest BCUT2D eigenvalue weighted by Gasteiger charge is -2.03. The van der Waals surface area contributed by atoms with Gasteiger partial charge in [0.1, 0.15) is 5.82 Å². The highest BCUT2D eigenvalue weighted by Gasteiger charge is 2.18. The quantitative estimate of drug-likeness (QED) is 0.797. The van der Waals surface area contributed by atoms with Crippen molar-refractivity contribution in [3.05, 3.63) is 59.4 Å². The zero-order valence-corrected chi connectivity index (χ0v) is 9.03. The van der Waals surface area contributed by atoms with Crippen molar-refractivity contribution in [3.8, 4) is 11.1 Å². The Morgan fingerprint density at radius 1 is 1.06 bits per heavy atom. The Morgan fingerprint density at radius 3 is 2.71 bits per heavy atom. The fourth-order valence-corrected chi connectivity index (χ4v) is 2.06. The molecule has 1 heterocycles. The molecule has 2 aromatic rings. The lowest BCUT2D eigenvalue weighted by molar-refractivity contribution is 0.0966. The number of hydrogen-bond donors (Lipinski definition) is 1. The number of benzene rings is 2. The van der Waals surface area contributed by atoms with Crippen LogP contribution < -0.4 is 5.32 Å². The summed E-state index contributed by atoms with van der Waals surface area (Å²) in [5, 5.41) is 2.76. The van der Waals surface area contributed by atoms with Gasteiger partial charge in [0.05, 0.1) is 0 Å². The third kappa shape index (κ3) is 1.69. The summed E-state index contributed by atoms with van der Waals surface area (Å²) in [6, 6.07) is 12.0. The van der Waals surface area contributed by atoms with Crippen LogP contribution in [0.25, 0.3) is 11.1 Å². The molecule has 2 nitrogen and oxygen atoms in total. The largest absolute Gasteiger partial charge is 0.348 e. The summed E-state index contributed by atoms with van der Waals surface area (Å²) in [6.45, 7) is 0.581. The fraction of sp³-hybridized carbons (Fsp3) is 0.0714. The van der Waals surface area contributed by atoms with Gasteiger partial charge in [0.25, 0.3) is 5.91 Å². The van der Waals surface area contributed by atoms with Crippen LogP contribution in [0.5, 0.6) is 0 Å². The summed E-state index contributed by atoms with van der Waals surface area (Å²) in [5.41, 5.74) is 3.33. The number of halogens is 1. The van der Waals surface area contributed by atoms with Gasteiger partial charge in [0, 0.05) is 12.1 Å². The van der Waals surface area contributed by atoms with Crippen LogP contribution in [0.1, 0.15) is 15.9 Å². The average Bonchev–Trinajstić information content (AvgIpc) is 2.71. The van der Waals surface area contributed by atoms with Crippen molar-refractivity contribution >= 4 is 5.91 Å². The topological polar surface area (TPSA) is 29.1 Å². The zero-order valence-electron chi connectivity index (χ0n) is 9.03. The lowest BCUT2D eigenvalue weighted by atomic mass is 10.0. The molecule has 0 radical (unpaired) electrons. The molecule has 1 aliphatic heterocycles. The van der Waals surface area contributed by atoms with E-state index in [0.29, 0.717) is 12.1 Å². The van der Waals surface area contributed by atoms with Crippen molar-refractivity contribution in [1.29, 1.82) is 0 Å². The van der Waals surface area contributed by atoms with Gasteiger partial charge in [-0.25, -0.2) is 4.39 Å². The number of hydrogen-bond acceptors (Lipinski definition) is 1. The molecule has 1 N–H and O–H groups in total. The molecule has 0 aliphatic carbocycles. The molecule has 0 aromatic heterocycles. The summed E-state index contributed by atoms with van der Waals surface area (Å²) >= 11 is 0. The number of carbonyl (C=O) groups excluding carboxylic acids is 1. The normalized spacial score (nSPS) is 13.4. The molecule has 17 heavy (non-hydrogen) atoms. The SMILES string of the molecule is O=C1NCc2ccc(-c3cccc(F)c3)cc21. The number of carbonyl (C=O) groups is 1. The van der Waals surface area contributed by atoms with E-state index in [9.17, 15) is 9.18 Å². The summed E-state index contributed by atoms with van der Waals surface area (Å²) in [6.07, 6.45) is 0. The van der Waals surface area contributed by atoms with E-state index in [-0.39, 0.29) is 11.7 Å². The fourth-order valence-electron chi connectivity index (χ4n) is 2.06. The van der Waals surface area contributed by atoms with Gasteiger partial charge in [-0.15, -0.1) is 0 Å². The Morgan fingerprint density at radius 2 is 1.88 bits per heavy atom. The number of fused-ring (bicyclic) bond motifs is 1. The highest BCUT2D eigenvalue weighted by Crippen LogP contribution is 2.25. The molecular formula is C14H10FNO. The van der Waals surface area contributed by atoms with Crippen LogP contribution in [0.3, 0.4) is 0 Å². The first-order valence-electron chi connectivity index (χ1n) is 5.41. The molecule has 0 spiro atoms. The van der Waals surface area contributed by atoms with Crippen molar-refractivity contribution in [2.24, 2.45) is 0 Å². The van der Waals surface area contributed by atoms with Gasteiger partial charge in [0.2, 0.25) is 0 Å². The maximum Gasteiger partial charge on any atom is 0.251 e. The maximum absolute atomic E-state index is 13.1. The number of rotatable bonds is 1. The molecule has 1 amide bonds. The Bertz CT molecular complexity index is 607. The summed E-state index contributed by atoms with van der Waals surface area (Å²) in [5.74, 6) is -0.328. The summed E-state index contributed by atoms with van der Waals surface area (Å²) < 4.78 is 13.1. The zero-order chi connectivity index (χ0) is 11.8. The molecule has 3 heteroatoms. The Balaban J connectivity index is 2.11. The van der Waals surface area contributed by atoms with Gasteiger partial charge in [-0.2, -0.15) is 0 Å². The second-order valence-corrected chi connectivity index (χ2v) is 4.06. The van der Waals surface area contributed by atoms with E-state index in [0.717, 1.165) is 16.7 Å². The predicted octanol–water partition coefficient (Wildman–Crippen LogP) is 2.74. The van der Waals surface area contributed by atoms with Gasteiger partial charge >= 0.3 is 0 Å². The van der Waals surface area contributed by atoms with Crippen LogP contribution in [-0.4, -0.2) is 5.91 Å². The molecule has 0 bridgehead atoms. The Labute approximate surface area is 98.1 Å². The van der Waals surface area contributed by atoms with E-state index >= 15 is 0 Å². The van der Waals surface area contributed by atoms with Crippen molar-refractivity contribution in [2.75, 3.05) is 0 Å². The Kier molecular flexibility index (Phi) is 2.18. The minimum Gasteiger partial charge on any atom is -0.348 e. The van der Waals surface area contributed by atoms with E-state index in [1.54, 1.807) is 6.07 Å². The summed E-state index contributed by atoms with van der Waals surface area (Å²) in [4.78, 5) is 11.5. The van der Waals surface area contributed by atoms with Crippen LogP contribution >= 0.6 is 0 Å². The van der Waals surface area contributed by atoms with Gasteiger partial charge in [-0.1, -0.05) is 24.3 Å². The minimum absolute atomic E-state index is 0.0572. The standard InChI is InChI=1S/C14H10FNO/c15-12-3-1-2-9(6-12)10-4-5-11-8-16-14(17)13(11)7-10/h1-7H,8H2,(H,16,17). The van der Waals surface area contributed by atoms with Gasteiger partial charge in [-0.05, 0) is 34.9 Å². The molecule has 0 unspecified atom stereocenters. The predicted molar refractivity (Wildman–Crippen MR) is 63.0 cm³/mol. The molecule has 3 rings (SSSR count). The third-order valence-electron chi connectivity index (χ3n) is 2.95. The van der Waals surface area contributed by atoms with Crippen molar-refractivity contribution in [3.63, 3.8) is 0 Å². The molecular weight excluding hydrogens is 217 g/mol. The molecule has 2 aromatic carbocycles.